The van der Waals surface area contributed by atoms with E-state index in [0.717, 1.165) is 148 Å². The van der Waals surface area contributed by atoms with Crippen molar-refractivity contribution in [3.8, 4) is 0 Å². The molecule has 0 spiro atoms. The van der Waals surface area contributed by atoms with Crippen LogP contribution in [-0.2, 0) is 28.6 Å². The molecule has 0 fully saturated rings. The van der Waals surface area contributed by atoms with Gasteiger partial charge in [-0.05, 0) is 135 Å². The molecule has 0 aliphatic rings. The Kier molecular flexibility index (Phi) is 66.3. The summed E-state index contributed by atoms with van der Waals surface area (Å²) in [5.41, 5.74) is 0. The zero-order chi connectivity index (χ0) is 59.9. The van der Waals surface area contributed by atoms with Gasteiger partial charge in [-0.2, -0.15) is 0 Å². The van der Waals surface area contributed by atoms with Crippen LogP contribution in [0.2, 0.25) is 0 Å². The van der Waals surface area contributed by atoms with E-state index in [9.17, 15) is 14.4 Å². The molecule has 0 amide bonds. The summed E-state index contributed by atoms with van der Waals surface area (Å²) >= 11 is 0. The summed E-state index contributed by atoms with van der Waals surface area (Å²) in [6.45, 7) is 6.39. The number of hydrogen-bond acceptors (Lipinski definition) is 6. The van der Waals surface area contributed by atoms with E-state index in [1.54, 1.807) is 0 Å². The van der Waals surface area contributed by atoms with E-state index in [0.29, 0.717) is 19.3 Å². The SMILES string of the molecule is CC/C=C\C/C=C\C/C=C\C/C=C\C/C=C\CCCCCCCCCCCC(=O)OCC(COC(=O)CCCCCCC/C=C\C/C=C\CCCCC)OC(=O)CCCCCCCCCCCCCC/C=C\C/C=C\C/C=C\C/C=C\CC. The maximum Gasteiger partial charge on any atom is 0.306 e. The number of carbonyl (C=O) groups is 3. The first kappa shape index (κ1) is 78.5. The quantitative estimate of drug-likeness (QED) is 0.0261. The third kappa shape index (κ3) is 68.2. The minimum atomic E-state index is -0.794. The zero-order valence-corrected chi connectivity index (χ0v) is 54.2. The first-order valence-corrected chi connectivity index (χ1v) is 34.7. The molecule has 0 N–H and O–H groups in total. The normalized spacial score (nSPS) is 13.0. The fraction of sp³-hybridized carbons (Fsp3) is 0.675. The van der Waals surface area contributed by atoms with E-state index in [4.69, 9.17) is 14.2 Å². The van der Waals surface area contributed by atoms with Crippen LogP contribution in [-0.4, -0.2) is 37.2 Å². The van der Waals surface area contributed by atoms with Gasteiger partial charge in [0.05, 0.1) is 0 Å². The topological polar surface area (TPSA) is 78.9 Å². The number of esters is 3. The van der Waals surface area contributed by atoms with Gasteiger partial charge in [-0.25, -0.2) is 0 Å². The summed E-state index contributed by atoms with van der Waals surface area (Å²) in [5.74, 6) is -0.902. The Morgan fingerprint density at radius 2 is 0.470 bits per heavy atom. The van der Waals surface area contributed by atoms with E-state index in [1.165, 1.54) is 128 Å². The number of hydrogen-bond donors (Lipinski definition) is 0. The monoisotopic (exact) mass is 1150 g/mol. The number of ether oxygens (including phenoxy) is 3. The Labute approximate surface area is 513 Å². The molecule has 0 aliphatic carbocycles. The second kappa shape index (κ2) is 70.0. The van der Waals surface area contributed by atoms with Crippen molar-refractivity contribution in [2.45, 2.75) is 322 Å². The van der Waals surface area contributed by atoms with Crippen molar-refractivity contribution in [1.29, 1.82) is 0 Å². The molecule has 0 rings (SSSR count). The minimum absolute atomic E-state index is 0.0886. The molecule has 0 aromatic rings. The Morgan fingerprint density at radius 1 is 0.253 bits per heavy atom. The highest BCUT2D eigenvalue weighted by Crippen LogP contribution is 2.16. The number of carbonyl (C=O) groups excluding carboxylic acids is 3. The Morgan fingerprint density at radius 3 is 0.735 bits per heavy atom. The molecule has 6 nitrogen and oxygen atoms in total. The van der Waals surface area contributed by atoms with Crippen LogP contribution in [0.5, 0.6) is 0 Å². The summed E-state index contributed by atoms with van der Waals surface area (Å²) in [6.07, 6.45) is 98.9. The van der Waals surface area contributed by atoms with Gasteiger partial charge in [-0.15, -0.1) is 0 Å². The average Bonchev–Trinajstić information content (AvgIpc) is 3.49. The molecule has 6 heteroatoms. The first-order chi connectivity index (χ1) is 41.0. The van der Waals surface area contributed by atoms with Crippen molar-refractivity contribution >= 4 is 17.9 Å². The fourth-order valence-corrected chi connectivity index (χ4v) is 9.49. The Bertz CT molecular complexity index is 1750. The van der Waals surface area contributed by atoms with Gasteiger partial charge in [0.15, 0.2) is 6.10 Å². The summed E-state index contributed by atoms with van der Waals surface area (Å²) in [7, 11) is 0. The van der Waals surface area contributed by atoms with Crippen LogP contribution < -0.4 is 0 Å². The second-order valence-corrected chi connectivity index (χ2v) is 22.7. The largest absolute Gasteiger partial charge is 0.462 e. The van der Waals surface area contributed by atoms with Gasteiger partial charge < -0.3 is 14.2 Å². The lowest BCUT2D eigenvalue weighted by molar-refractivity contribution is -0.167. The lowest BCUT2D eigenvalue weighted by Crippen LogP contribution is -2.30. The van der Waals surface area contributed by atoms with Crippen molar-refractivity contribution in [3.63, 3.8) is 0 Å². The number of rotatable bonds is 62. The van der Waals surface area contributed by atoms with E-state index >= 15 is 0 Å². The highest BCUT2D eigenvalue weighted by Gasteiger charge is 2.19. The Balaban J connectivity index is 4.37. The van der Waals surface area contributed by atoms with Crippen LogP contribution >= 0.6 is 0 Å². The molecule has 1 atom stereocenters. The third-order valence-corrected chi connectivity index (χ3v) is 14.6. The summed E-state index contributed by atoms with van der Waals surface area (Å²) in [4.78, 5) is 38.5. The molecular formula is C77H128O6. The highest BCUT2D eigenvalue weighted by atomic mass is 16.6. The first-order valence-electron chi connectivity index (χ1n) is 34.7. The van der Waals surface area contributed by atoms with Crippen molar-refractivity contribution < 1.29 is 28.6 Å². The van der Waals surface area contributed by atoms with Crippen LogP contribution in [0.1, 0.15) is 316 Å². The number of allylic oxidation sites excluding steroid dienone is 22. The van der Waals surface area contributed by atoms with Crippen LogP contribution in [0.15, 0.2) is 134 Å². The predicted molar refractivity (Wildman–Crippen MR) is 362 cm³/mol. The third-order valence-electron chi connectivity index (χ3n) is 14.6. The molecule has 0 aromatic carbocycles. The fourth-order valence-electron chi connectivity index (χ4n) is 9.49. The summed E-state index contributed by atoms with van der Waals surface area (Å²) in [6, 6.07) is 0. The number of unbranched alkanes of at least 4 members (excludes halogenated alkanes) is 29. The van der Waals surface area contributed by atoms with Gasteiger partial charge in [0.2, 0.25) is 0 Å². The van der Waals surface area contributed by atoms with Crippen molar-refractivity contribution in [2.75, 3.05) is 13.2 Å². The minimum Gasteiger partial charge on any atom is -0.462 e. The van der Waals surface area contributed by atoms with Gasteiger partial charge >= 0.3 is 17.9 Å². The van der Waals surface area contributed by atoms with Crippen LogP contribution in [0.25, 0.3) is 0 Å². The molecule has 0 heterocycles. The average molecular weight is 1150 g/mol. The van der Waals surface area contributed by atoms with Gasteiger partial charge in [0.25, 0.3) is 0 Å². The van der Waals surface area contributed by atoms with Gasteiger partial charge in [-0.3, -0.25) is 14.4 Å². The molecule has 0 aliphatic heterocycles. The van der Waals surface area contributed by atoms with Gasteiger partial charge in [-0.1, -0.05) is 296 Å². The molecule has 0 saturated heterocycles. The van der Waals surface area contributed by atoms with Crippen molar-refractivity contribution in [1.82, 2.24) is 0 Å². The standard InChI is InChI=1S/C77H128O6/c1-4-7-10-13-16-19-22-25-28-30-32-34-36-38-40-42-44-46-49-52-55-58-61-64-67-70-76(79)82-73-74(72-81-75(78)69-66-63-60-57-54-51-48-27-24-21-18-15-12-9-6-3)83-77(80)71-68-65-62-59-56-53-50-47-45-43-41-39-37-35-33-31-29-26-23-20-17-14-11-8-5-2/h7-8,10-11,16-21,25-29,32-35,38,40,48,74H,4-6,9,12-15,22-24,30-31,36-37,39,41-47,49-73H2,1-3H3/b10-7-,11-8-,19-16-,20-17-,21-18-,28-25-,29-26-,34-32-,35-33-,40-38-,48-27-. The maximum atomic E-state index is 13.0. The smallest absolute Gasteiger partial charge is 0.306 e. The maximum absolute atomic E-state index is 13.0. The van der Waals surface area contributed by atoms with Crippen molar-refractivity contribution in [3.05, 3.63) is 134 Å². The lowest BCUT2D eigenvalue weighted by Gasteiger charge is -2.18. The second-order valence-electron chi connectivity index (χ2n) is 22.7. The zero-order valence-electron chi connectivity index (χ0n) is 54.2. The highest BCUT2D eigenvalue weighted by molar-refractivity contribution is 5.71. The Hall–Kier alpha value is -4.45. The van der Waals surface area contributed by atoms with Gasteiger partial charge in [0.1, 0.15) is 13.2 Å². The van der Waals surface area contributed by atoms with Gasteiger partial charge in [0, 0.05) is 19.3 Å². The van der Waals surface area contributed by atoms with E-state index in [2.05, 4.69) is 154 Å². The van der Waals surface area contributed by atoms with E-state index < -0.39 is 6.10 Å². The molecule has 472 valence electrons. The molecule has 0 aromatic heterocycles. The predicted octanol–water partition coefficient (Wildman–Crippen LogP) is 24.1. The molecule has 83 heavy (non-hydrogen) atoms. The van der Waals surface area contributed by atoms with Crippen LogP contribution in [0, 0.1) is 0 Å². The molecule has 0 saturated carbocycles. The van der Waals surface area contributed by atoms with E-state index in [1.807, 2.05) is 0 Å². The van der Waals surface area contributed by atoms with Crippen molar-refractivity contribution in [2.24, 2.45) is 0 Å². The molecular weight excluding hydrogens is 1020 g/mol. The summed E-state index contributed by atoms with van der Waals surface area (Å²) in [5, 5.41) is 0. The molecule has 0 bridgehead atoms. The van der Waals surface area contributed by atoms with Crippen LogP contribution in [0.3, 0.4) is 0 Å². The molecule has 0 radical (unpaired) electrons. The summed E-state index contributed by atoms with van der Waals surface area (Å²) < 4.78 is 17.0. The lowest BCUT2D eigenvalue weighted by atomic mass is 10.0. The molecule has 1 unspecified atom stereocenters. The van der Waals surface area contributed by atoms with E-state index in [-0.39, 0.29) is 31.1 Å². The van der Waals surface area contributed by atoms with Crippen LogP contribution in [0.4, 0.5) is 0 Å².